The number of H-pyrrole nitrogens is 1. The van der Waals surface area contributed by atoms with E-state index in [-0.39, 0.29) is 29.4 Å². The SMILES string of the molecule is CCCCOc1nc(N)c2[nH]c(=O)n(CC3CCCN(CCC(=O)OC)C3)c2n1. The molecule has 0 aliphatic carbocycles. The zero-order valence-corrected chi connectivity index (χ0v) is 17.1. The maximum Gasteiger partial charge on any atom is 0.327 e. The van der Waals surface area contributed by atoms with E-state index in [1.807, 2.05) is 0 Å². The smallest absolute Gasteiger partial charge is 0.327 e. The molecule has 10 nitrogen and oxygen atoms in total. The summed E-state index contributed by atoms with van der Waals surface area (Å²) in [6.45, 7) is 5.53. The highest BCUT2D eigenvalue weighted by atomic mass is 16.5. The number of hydrogen-bond acceptors (Lipinski definition) is 8. The molecule has 1 fully saturated rings. The summed E-state index contributed by atoms with van der Waals surface area (Å²) in [7, 11) is 1.40. The molecule has 10 heteroatoms. The molecule has 3 heterocycles. The van der Waals surface area contributed by atoms with Crippen LogP contribution in [0.2, 0.25) is 0 Å². The fraction of sp³-hybridized carbons (Fsp3) is 0.684. The number of unbranched alkanes of at least 4 members (excludes halogenated alkanes) is 1. The van der Waals surface area contributed by atoms with Crippen LogP contribution in [0.15, 0.2) is 4.79 Å². The van der Waals surface area contributed by atoms with Gasteiger partial charge in [-0.15, -0.1) is 0 Å². The Hall–Kier alpha value is -2.62. The molecule has 1 saturated heterocycles. The quantitative estimate of drug-likeness (QED) is 0.469. The number of aromatic nitrogens is 4. The van der Waals surface area contributed by atoms with Crippen molar-refractivity contribution in [3.63, 3.8) is 0 Å². The maximum atomic E-state index is 12.5. The third-order valence-electron chi connectivity index (χ3n) is 5.26. The Balaban J connectivity index is 1.74. The van der Waals surface area contributed by atoms with Crippen LogP contribution in [0.5, 0.6) is 6.01 Å². The number of esters is 1. The van der Waals surface area contributed by atoms with Crippen LogP contribution in [0.3, 0.4) is 0 Å². The Morgan fingerprint density at radius 1 is 1.38 bits per heavy atom. The van der Waals surface area contributed by atoms with Gasteiger partial charge in [-0.1, -0.05) is 13.3 Å². The predicted octanol–water partition coefficient (Wildman–Crippen LogP) is 1.16. The summed E-state index contributed by atoms with van der Waals surface area (Å²) in [5.74, 6) is 0.280. The highest BCUT2D eigenvalue weighted by Gasteiger charge is 2.23. The van der Waals surface area contributed by atoms with Crippen LogP contribution >= 0.6 is 0 Å². The molecule has 2 aromatic rings. The number of imidazole rings is 1. The molecule has 1 unspecified atom stereocenters. The van der Waals surface area contributed by atoms with E-state index >= 15 is 0 Å². The number of nitrogen functional groups attached to an aromatic ring is 1. The molecule has 1 aliphatic rings. The number of ether oxygens (including phenoxy) is 2. The van der Waals surface area contributed by atoms with Gasteiger partial charge >= 0.3 is 17.7 Å². The summed E-state index contributed by atoms with van der Waals surface area (Å²) < 4.78 is 11.9. The Labute approximate surface area is 169 Å². The number of fused-ring (bicyclic) bond motifs is 1. The number of nitrogens with zero attached hydrogens (tertiary/aromatic N) is 4. The highest BCUT2D eigenvalue weighted by Crippen LogP contribution is 2.22. The Morgan fingerprint density at radius 3 is 2.97 bits per heavy atom. The average Bonchev–Trinajstić information content (AvgIpc) is 3.03. The number of carbonyl (C=O) groups is 1. The first kappa shape index (κ1) is 21.1. The number of piperidine rings is 1. The molecule has 0 saturated carbocycles. The summed E-state index contributed by atoms with van der Waals surface area (Å²) >= 11 is 0. The van der Waals surface area contributed by atoms with E-state index in [9.17, 15) is 9.59 Å². The Bertz CT molecular complexity index is 893. The number of aromatic amines is 1. The Kier molecular flexibility index (Phi) is 7.08. The first-order valence-electron chi connectivity index (χ1n) is 10.2. The zero-order valence-electron chi connectivity index (χ0n) is 17.1. The molecule has 160 valence electrons. The molecule has 0 radical (unpaired) electrons. The van der Waals surface area contributed by atoms with Gasteiger partial charge in [0.25, 0.3) is 0 Å². The van der Waals surface area contributed by atoms with Crippen molar-refractivity contribution in [1.82, 2.24) is 24.4 Å². The van der Waals surface area contributed by atoms with Crippen LogP contribution in [0, 0.1) is 5.92 Å². The van der Waals surface area contributed by atoms with Crippen LogP contribution in [0.4, 0.5) is 5.82 Å². The van der Waals surface area contributed by atoms with Crippen LogP contribution in [0.25, 0.3) is 11.2 Å². The second-order valence-electron chi connectivity index (χ2n) is 7.47. The zero-order chi connectivity index (χ0) is 20.8. The van der Waals surface area contributed by atoms with E-state index in [0.717, 1.165) is 38.8 Å². The molecular formula is C19H30N6O4. The highest BCUT2D eigenvalue weighted by molar-refractivity contribution is 5.81. The van der Waals surface area contributed by atoms with Gasteiger partial charge < -0.3 is 25.1 Å². The maximum absolute atomic E-state index is 12.5. The predicted molar refractivity (Wildman–Crippen MR) is 109 cm³/mol. The number of rotatable bonds is 9. The second kappa shape index (κ2) is 9.73. The summed E-state index contributed by atoms with van der Waals surface area (Å²) in [6.07, 6.45) is 4.30. The molecule has 0 bridgehead atoms. The van der Waals surface area contributed by atoms with Gasteiger partial charge in [0.05, 0.1) is 20.1 Å². The second-order valence-corrected chi connectivity index (χ2v) is 7.47. The van der Waals surface area contributed by atoms with Crippen LogP contribution in [0.1, 0.15) is 39.0 Å². The van der Waals surface area contributed by atoms with Gasteiger partial charge in [0.15, 0.2) is 11.5 Å². The minimum Gasteiger partial charge on any atom is -0.469 e. The van der Waals surface area contributed by atoms with Gasteiger partial charge in [-0.2, -0.15) is 9.97 Å². The molecule has 0 spiro atoms. The molecular weight excluding hydrogens is 376 g/mol. The topological polar surface area (TPSA) is 128 Å². The number of hydrogen-bond donors (Lipinski definition) is 2. The van der Waals surface area contributed by atoms with Crippen molar-refractivity contribution in [3.05, 3.63) is 10.5 Å². The Morgan fingerprint density at radius 2 is 2.21 bits per heavy atom. The normalized spacial score (nSPS) is 17.5. The van der Waals surface area contributed by atoms with Gasteiger partial charge in [0, 0.05) is 19.6 Å². The molecule has 29 heavy (non-hydrogen) atoms. The lowest BCUT2D eigenvalue weighted by molar-refractivity contribution is -0.141. The van der Waals surface area contributed by atoms with E-state index in [1.54, 1.807) is 4.57 Å². The van der Waals surface area contributed by atoms with Gasteiger partial charge in [-0.3, -0.25) is 9.36 Å². The minimum absolute atomic E-state index is 0.194. The molecule has 2 aromatic heterocycles. The lowest BCUT2D eigenvalue weighted by Gasteiger charge is -2.32. The molecule has 3 N–H and O–H groups in total. The van der Waals surface area contributed by atoms with Crippen molar-refractivity contribution >= 4 is 23.0 Å². The number of likely N-dealkylation sites (tertiary alicyclic amines) is 1. The number of nitrogens with two attached hydrogens (primary N) is 1. The van der Waals surface area contributed by atoms with Crippen LogP contribution in [-0.4, -0.2) is 63.7 Å². The summed E-state index contributed by atoms with van der Waals surface area (Å²) in [5.41, 5.74) is 6.68. The van der Waals surface area contributed by atoms with Crippen molar-refractivity contribution in [2.75, 3.05) is 39.1 Å². The van der Waals surface area contributed by atoms with Crippen molar-refractivity contribution in [3.8, 4) is 6.01 Å². The summed E-state index contributed by atoms with van der Waals surface area (Å²) in [4.78, 5) is 37.5. The van der Waals surface area contributed by atoms with Crippen molar-refractivity contribution < 1.29 is 14.3 Å². The number of carbonyl (C=O) groups excluding carboxylic acids is 1. The third kappa shape index (κ3) is 5.26. The van der Waals surface area contributed by atoms with Crippen molar-refractivity contribution in [2.24, 2.45) is 5.92 Å². The first-order chi connectivity index (χ1) is 14.0. The monoisotopic (exact) mass is 406 g/mol. The molecule has 0 amide bonds. The van der Waals surface area contributed by atoms with Gasteiger partial charge in [-0.05, 0) is 31.7 Å². The molecule has 0 aromatic carbocycles. The van der Waals surface area contributed by atoms with Crippen molar-refractivity contribution in [2.45, 2.75) is 45.6 Å². The third-order valence-corrected chi connectivity index (χ3v) is 5.26. The largest absolute Gasteiger partial charge is 0.469 e. The lowest BCUT2D eigenvalue weighted by Crippen LogP contribution is -2.39. The van der Waals surface area contributed by atoms with E-state index in [4.69, 9.17) is 15.2 Å². The fourth-order valence-electron chi connectivity index (χ4n) is 3.69. The van der Waals surface area contributed by atoms with Crippen molar-refractivity contribution in [1.29, 1.82) is 0 Å². The van der Waals surface area contributed by atoms with Crippen LogP contribution < -0.4 is 16.2 Å². The number of nitrogens with one attached hydrogen (secondary N) is 1. The van der Waals surface area contributed by atoms with Crippen LogP contribution in [-0.2, 0) is 16.1 Å². The minimum atomic E-state index is -0.251. The first-order valence-corrected chi connectivity index (χ1v) is 10.2. The summed E-state index contributed by atoms with van der Waals surface area (Å²) in [5, 5.41) is 0. The molecule has 3 rings (SSSR count). The van der Waals surface area contributed by atoms with E-state index < -0.39 is 0 Å². The van der Waals surface area contributed by atoms with Gasteiger partial charge in [0.2, 0.25) is 0 Å². The number of anilines is 1. The molecule has 1 atom stereocenters. The van der Waals surface area contributed by atoms with Gasteiger partial charge in [-0.25, -0.2) is 4.79 Å². The van der Waals surface area contributed by atoms with E-state index in [0.29, 0.717) is 37.3 Å². The summed E-state index contributed by atoms with van der Waals surface area (Å²) in [6, 6.07) is 0.194. The van der Waals surface area contributed by atoms with E-state index in [1.165, 1.54) is 7.11 Å². The fourth-order valence-corrected chi connectivity index (χ4v) is 3.69. The van der Waals surface area contributed by atoms with Gasteiger partial charge in [0.1, 0.15) is 5.52 Å². The molecule has 1 aliphatic heterocycles. The van der Waals surface area contributed by atoms with E-state index in [2.05, 4.69) is 26.8 Å². The average molecular weight is 406 g/mol. The number of methoxy groups -OCH3 is 1. The lowest BCUT2D eigenvalue weighted by atomic mass is 9.98. The standard InChI is InChI=1S/C19H30N6O4/c1-3-4-10-29-18-22-16(20)15-17(23-18)25(19(27)21-15)12-13-6-5-8-24(11-13)9-7-14(26)28-2/h13H,3-12H2,1-2H3,(H,21,27)(H2,20,22,23).